The van der Waals surface area contributed by atoms with Gasteiger partial charge < -0.3 is 15.4 Å². The van der Waals surface area contributed by atoms with Crippen molar-refractivity contribution >= 4 is 23.2 Å². The van der Waals surface area contributed by atoms with Crippen LogP contribution in [0.5, 0.6) is 5.75 Å². The van der Waals surface area contributed by atoms with Crippen LogP contribution in [0.3, 0.4) is 0 Å². The minimum absolute atomic E-state index is 0.0297. The first-order chi connectivity index (χ1) is 12.1. The van der Waals surface area contributed by atoms with Gasteiger partial charge in [0.25, 0.3) is 11.8 Å². The van der Waals surface area contributed by atoms with Crippen LogP contribution in [0.1, 0.15) is 50.5 Å². The highest BCUT2D eigenvalue weighted by Crippen LogP contribution is 2.39. The number of ether oxygens (including phenoxy) is 1. The summed E-state index contributed by atoms with van der Waals surface area (Å²) in [6.45, 7) is 9.79. The molecule has 0 saturated carbocycles. The molecule has 2 N–H and O–H groups in total. The quantitative estimate of drug-likeness (QED) is 0.844. The Hall–Kier alpha value is -2.82. The Labute approximate surface area is 153 Å². The van der Waals surface area contributed by atoms with Gasteiger partial charge in [-0.3, -0.25) is 9.59 Å². The molecule has 3 rings (SSSR count). The fraction of sp³-hybridized carbons (Fsp3) is 0.333. The van der Waals surface area contributed by atoms with Crippen LogP contribution in [-0.4, -0.2) is 17.4 Å². The van der Waals surface area contributed by atoms with Crippen molar-refractivity contribution in [2.45, 2.75) is 45.6 Å². The van der Waals surface area contributed by atoms with Crippen LogP contribution < -0.4 is 15.4 Å². The van der Waals surface area contributed by atoms with Gasteiger partial charge in [0, 0.05) is 5.56 Å². The van der Waals surface area contributed by atoms with Crippen LogP contribution in [0.15, 0.2) is 42.5 Å². The van der Waals surface area contributed by atoms with Gasteiger partial charge in [-0.05, 0) is 49.1 Å². The summed E-state index contributed by atoms with van der Waals surface area (Å²) < 4.78 is 5.75. The first-order valence-corrected chi connectivity index (χ1v) is 8.63. The number of nitrogens with one attached hydrogen (secondary N) is 2. The zero-order valence-corrected chi connectivity index (χ0v) is 15.8. The average Bonchev–Trinajstić information content (AvgIpc) is 2.55. The van der Waals surface area contributed by atoms with Gasteiger partial charge in [0.15, 0.2) is 5.60 Å². The summed E-state index contributed by atoms with van der Waals surface area (Å²) in [6, 6.07) is 12.8. The third-order valence-corrected chi connectivity index (χ3v) is 4.44. The van der Waals surface area contributed by atoms with Gasteiger partial charge in [0.2, 0.25) is 0 Å². The Bertz CT molecular complexity index is 862. The van der Waals surface area contributed by atoms with Gasteiger partial charge in [-0.25, -0.2) is 0 Å². The van der Waals surface area contributed by atoms with Gasteiger partial charge in [-0.1, -0.05) is 39.0 Å². The normalized spacial score (nSPS) is 15.5. The second kappa shape index (κ2) is 6.16. The SMILES string of the molecule is CC1(C)Oc2cccc(NC(=O)c3ccc(C(C)(C)C)cc3)c2NC1=O. The van der Waals surface area contributed by atoms with E-state index < -0.39 is 5.60 Å². The Morgan fingerprint density at radius 1 is 1.08 bits per heavy atom. The molecular formula is C21H24N2O3. The van der Waals surface area contributed by atoms with Crippen LogP contribution in [0.4, 0.5) is 11.4 Å². The van der Waals surface area contributed by atoms with E-state index in [9.17, 15) is 9.59 Å². The number of anilines is 2. The molecule has 0 aromatic heterocycles. The van der Waals surface area contributed by atoms with Crippen LogP contribution in [-0.2, 0) is 10.2 Å². The first kappa shape index (κ1) is 18.0. The Morgan fingerprint density at radius 2 is 1.73 bits per heavy atom. The second-order valence-corrected chi connectivity index (χ2v) is 8.03. The predicted molar refractivity (Wildman–Crippen MR) is 103 cm³/mol. The van der Waals surface area contributed by atoms with Crippen LogP contribution in [0, 0.1) is 0 Å². The van der Waals surface area contributed by atoms with Crippen LogP contribution in [0.2, 0.25) is 0 Å². The van der Waals surface area contributed by atoms with Crippen molar-refractivity contribution in [2.24, 2.45) is 0 Å². The largest absolute Gasteiger partial charge is 0.476 e. The third-order valence-electron chi connectivity index (χ3n) is 4.44. The number of amides is 2. The topological polar surface area (TPSA) is 67.4 Å². The zero-order valence-electron chi connectivity index (χ0n) is 15.8. The van der Waals surface area contributed by atoms with E-state index in [2.05, 4.69) is 31.4 Å². The lowest BCUT2D eigenvalue weighted by molar-refractivity contribution is -0.129. The molecule has 0 fully saturated rings. The Balaban J connectivity index is 1.84. The molecule has 0 unspecified atom stereocenters. The van der Waals surface area contributed by atoms with Gasteiger partial charge in [-0.2, -0.15) is 0 Å². The smallest absolute Gasteiger partial charge is 0.268 e. The van der Waals surface area contributed by atoms with Crippen molar-refractivity contribution in [3.63, 3.8) is 0 Å². The molecule has 136 valence electrons. The van der Waals surface area contributed by atoms with Gasteiger partial charge >= 0.3 is 0 Å². The number of hydrogen-bond donors (Lipinski definition) is 2. The summed E-state index contributed by atoms with van der Waals surface area (Å²) in [5.41, 5.74) is 1.79. The lowest BCUT2D eigenvalue weighted by atomic mass is 9.87. The van der Waals surface area contributed by atoms with Crippen molar-refractivity contribution in [1.82, 2.24) is 0 Å². The summed E-state index contributed by atoms with van der Waals surface area (Å²) in [6.07, 6.45) is 0. The fourth-order valence-corrected chi connectivity index (χ4v) is 2.75. The van der Waals surface area contributed by atoms with E-state index in [0.29, 0.717) is 22.7 Å². The van der Waals surface area contributed by atoms with Gasteiger partial charge in [0.05, 0.1) is 5.69 Å². The minimum atomic E-state index is -0.946. The lowest BCUT2D eigenvalue weighted by Crippen LogP contribution is -2.45. The molecule has 0 aliphatic carbocycles. The Kier molecular flexibility index (Phi) is 4.26. The number of carbonyl (C=O) groups excluding carboxylic acids is 2. The molecule has 5 heteroatoms. The van der Waals surface area contributed by atoms with Crippen LogP contribution >= 0.6 is 0 Å². The van der Waals surface area contributed by atoms with E-state index in [1.54, 1.807) is 32.0 Å². The molecule has 0 radical (unpaired) electrons. The minimum Gasteiger partial charge on any atom is -0.476 e. The van der Waals surface area contributed by atoms with E-state index in [-0.39, 0.29) is 17.2 Å². The van der Waals surface area contributed by atoms with Crippen molar-refractivity contribution < 1.29 is 14.3 Å². The lowest BCUT2D eigenvalue weighted by Gasteiger charge is -2.32. The van der Waals surface area contributed by atoms with E-state index in [0.717, 1.165) is 5.56 Å². The van der Waals surface area contributed by atoms with E-state index in [1.807, 2.05) is 24.3 Å². The molecule has 5 nitrogen and oxygen atoms in total. The van der Waals surface area contributed by atoms with Crippen LogP contribution in [0.25, 0.3) is 0 Å². The number of para-hydroxylation sites is 1. The van der Waals surface area contributed by atoms with Crippen molar-refractivity contribution in [3.05, 3.63) is 53.6 Å². The molecule has 2 amide bonds. The Morgan fingerprint density at radius 3 is 2.35 bits per heavy atom. The molecule has 0 atom stereocenters. The van der Waals surface area contributed by atoms with Gasteiger partial charge in [0.1, 0.15) is 11.4 Å². The van der Waals surface area contributed by atoms with E-state index in [4.69, 9.17) is 4.74 Å². The number of rotatable bonds is 2. The summed E-state index contributed by atoms with van der Waals surface area (Å²) in [7, 11) is 0. The molecule has 1 aliphatic rings. The molecule has 1 aliphatic heterocycles. The summed E-state index contributed by atoms with van der Waals surface area (Å²) in [5.74, 6) is 0.0506. The maximum atomic E-state index is 12.6. The monoisotopic (exact) mass is 352 g/mol. The maximum Gasteiger partial charge on any atom is 0.268 e. The molecule has 1 heterocycles. The highest BCUT2D eigenvalue weighted by atomic mass is 16.5. The molecule has 2 aromatic rings. The number of carbonyl (C=O) groups is 2. The third kappa shape index (κ3) is 3.43. The van der Waals surface area contributed by atoms with E-state index >= 15 is 0 Å². The fourth-order valence-electron chi connectivity index (χ4n) is 2.75. The summed E-state index contributed by atoms with van der Waals surface area (Å²) in [5, 5.41) is 5.68. The molecule has 0 spiro atoms. The first-order valence-electron chi connectivity index (χ1n) is 8.63. The molecule has 2 aromatic carbocycles. The highest BCUT2D eigenvalue weighted by molar-refractivity contribution is 6.09. The summed E-state index contributed by atoms with van der Waals surface area (Å²) in [4.78, 5) is 24.8. The number of hydrogen-bond acceptors (Lipinski definition) is 3. The maximum absolute atomic E-state index is 12.6. The standard InChI is InChI=1S/C21H24N2O3/c1-20(2,3)14-11-9-13(10-12-14)18(24)22-15-7-6-8-16-17(15)23-19(25)21(4,5)26-16/h6-12H,1-5H3,(H,22,24)(H,23,25). The predicted octanol–water partition coefficient (Wildman–Crippen LogP) is 4.35. The van der Waals surface area contributed by atoms with E-state index in [1.165, 1.54) is 0 Å². The highest BCUT2D eigenvalue weighted by Gasteiger charge is 2.36. The average molecular weight is 352 g/mol. The van der Waals surface area contributed by atoms with Crippen molar-refractivity contribution in [3.8, 4) is 5.75 Å². The molecule has 0 saturated heterocycles. The van der Waals surface area contributed by atoms with Crippen molar-refractivity contribution in [2.75, 3.05) is 10.6 Å². The molecule has 26 heavy (non-hydrogen) atoms. The number of benzene rings is 2. The zero-order chi connectivity index (χ0) is 19.1. The second-order valence-electron chi connectivity index (χ2n) is 8.03. The molecular weight excluding hydrogens is 328 g/mol. The van der Waals surface area contributed by atoms with Crippen molar-refractivity contribution in [1.29, 1.82) is 0 Å². The number of fused-ring (bicyclic) bond motifs is 1. The summed E-state index contributed by atoms with van der Waals surface area (Å²) >= 11 is 0. The molecule has 0 bridgehead atoms. The van der Waals surface area contributed by atoms with Gasteiger partial charge in [-0.15, -0.1) is 0 Å².